The van der Waals surface area contributed by atoms with Crippen LogP contribution >= 0.6 is 0 Å². The van der Waals surface area contributed by atoms with E-state index in [1.165, 1.54) is 4.68 Å². The Hall–Kier alpha value is -1.88. The van der Waals surface area contributed by atoms with Crippen LogP contribution in [0.4, 0.5) is 5.82 Å². The summed E-state index contributed by atoms with van der Waals surface area (Å²) in [5, 5.41) is 14.0. The minimum Gasteiger partial charge on any atom is -0.388 e. The van der Waals surface area contributed by atoms with Gasteiger partial charge >= 0.3 is 0 Å². The first-order valence-electron chi connectivity index (χ1n) is 5.04. The first-order valence-corrected chi connectivity index (χ1v) is 5.04. The molecule has 0 bridgehead atoms. The SMILES string of the molecule is Cn1ncc(C(O)Cc2ccccn2)c1N. The van der Waals surface area contributed by atoms with E-state index in [0.29, 0.717) is 17.8 Å². The molecule has 0 radical (unpaired) electrons. The molecular weight excluding hydrogens is 204 g/mol. The lowest BCUT2D eigenvalue weighted by molar-refractivity contribution is 0.178. The third kappa shape index (κ3) is 2.04. The maximum Gasteiger partial charge on any atom is 0.127 e. The van der Waals surface area contributed by atoms with Gasteiger partial charge in [-0.1, -0.05) is 6.07 Å². The number of rotatable bonds is 3. The highest BCUT2D eigenvalue weighted by atomic mass is 16.3. The van der Waals surface area contributed by atoms with E-state index in [4.69, 9.17) is 5.73 Å². The molecule has 16 heavy (non-hydrogen) atoms. The Morgan fingerprint density at radius 3 is 2.88 bits per heavy atom. The lowest BCUT2D eigenvalue weighted by Gasteiger charge is -2.09. The van der Waals surface area contributed by atoms with Crippen LogP contribution in [-0.2, 0) is 13.5 Å². The molecule has 5 nitrogen and oxygen atoms in total. The average Bonchev–Trinajstić information content (AvgIpc) is 2.61. The summed E-state index contributed by atoms with van der Waals surface area (Å²) in [5.41, 5.74) is 7.26. The van der Waals surface area contributed by atoms with Crippen molar-refractivity contribution in [1.82, 2.24) is 14.8 Å². The maximum absolute atomic E-state index is 9.99. The summed E-state index contributed by atoms with van der Waals surface area (Å²) >= 11 is 0. The van der Waals surface area contributed by atoms with E-state index in [9.17, 15) is 5.11 Å². The molecule has 3 N–H and O–H groups in total. The van der Waals surface area contributed by atoms with E-state index in [1.54, 1.807) is 19.4 Å². The van der Waals surface area contributed by atoms with Crippen molar-refractivity contribution >= 4 is 5.82 Å². The van der Waals surface area contributed by atoms with Gasteiger partial charge in [-0.2, -0.15) is 5.10 Å². The van der Waals surface area contributed by atoms with E-state index in [1.807, 2.05) is 18.2 Å². The first-order chi connectivity index (χ1) is 7.68. The van der Waals surface area contributed by atoms with Crippen LogP contribution in [0.25, 0.3) is 0 Å². The smallest absolute Gasteiger partial charge is 0.127 e. The molecule has 0 spiro atoms. The van der Waals surface area contributed by atoms with E-state index in [2.05, 4.69) is 10.1 Å². The molecule has 2 aromatic heterocycles. The van der Waals surface area contributed by atoms with Gasteiger partial charge in [-0.05, 0) is 12.1 Å². The van der Waals surface area contributed by atoms with E-state index in [-0.39, 0.29) is 0 Å². The quantitative estimate of drug-likeness (QED) is 0.794. The fourth-order valence-corrected chi connectivity index (χ4v) is 1.55. The summed E-state index contributed by atoms with van der Waals surface area (Å²) in [7, 11) is 1.74. The highest BCUT2D eigenvalue weighted by Crippen LogP contribution is 2.21. The highest BCUT2D eigenvalue weighted by molar-refractivity contribution is 5.40. The fourth-order valence-electron chi connectivity index (χ4n) is 1.55. The molecule has 0 aliphatic rings. The monoisotopic (exact) mass is 218 g/mol. The Morgan fingerprint density at radius 1 is 1.50 bits per heavy atom. The molecule has 0 saturated carbocycles. The molecule has 0 fully saturated rings. The van der Waals surface area contributed by atoms with Crippen molar-refractivity contribution in [2.75, 3.05) is 5.73 Å². The minimum absolute atomic E-state index is 0.441. The molecule has 0 aliphatic carbocycles. The zero-order chi connectivity index (χ0) is 11.5. The summed E-state index contributed by atoms with van der Waals surface area (Å²) in [6, 6.07) is 5.60. The minimum atomic E-state index is -0.663. The summed E-state index contributed by atoms with van der Waals surface area (Å²) in [5.74, 6) is 0.489. The van der Waals surface area contributed by atoms with Crippen molar-refractivity contribution in [1.29, 1.82) is 0 Å². The van der Waals surface area contributed by atoms with E-state index < -0.39 is 6.10 Å². The Balaban J connectivity index is 2.15. The van der Waals surface area contributed by atoms with Gasteiger partial charge in [0.25, 0.3) is 0 Å². The largest absolute Gasteiger partial charge is 0.388 e. The Labute approximate surface area is 93.5 Å². The van der Waals surface area contributed by atoms with Crippen molar-refractivity contribution in [3.8, 4) is 0 Å². The van der Waals surface area contributed by atoms with Gasteiger partial charge in [-0.3, -0.25) is 9.67 Å². The number of nitrogens with zero attached hydrogens (tertiary/aromatic N) is 3. The molecule has 0 aromatic carbocycles. The topological polar surface area (TPSA) is 77.0 Å². The fraction of sp³-hybridized carbons (Fsp3) is 0.273. The molecule has 0 amide bonds. The third-order valence-electron chi connectivity index (χ3n) is 2.50. The normalized spacial score (nSPS) is 12.6. The van der Waals surface area contributed by atoms with Gasteiger partial charge in [-0.15, -0.1) is 0 Å². The predicted molar refractivity (Wildman–Crippen MR) is 60.5 cm³/mol. The number of aryl methyl sites for hydroxylation is 1. The van der Waals surface area contributed by atoms with Crippen LogP contribution in [0.3, 0.4) is 0 Å². The highest BCUT2D eigenvalue weighted by Gasteiger charge is 2.15. The van der Waals surface area contributed by atoms with Crippen LogP contribution in [0.15, 0.2) is 30.6 Å². The predicted octanol–water partition coefficient (Wildman–Crippen LogP) is 0.673. The van der Waals surface area contributed by atoms with Gasteiger partial charge in [0.05, 0.1) is 12.3 Å². The summed E-state index contributed by atoms with van der Waals surface area (Å²) in [6.45, 7) is 0. The van der Waals surface area contributed by atoms with Crippen LogP contribution in [-0.4, -0.2) is 19.9 Å². The molecule has 2 heterocycles. The first kappa shape index (κ1) is 10.6. The number of anilines is 1. The van der Waals surface area contributed by atoms with Gasteiger partial charge in [0, 0.05) is 30.9 Å². The molecule has 2 aromatic rings. The zero-order valence-electron chi connectivity index (χ0n) is 9.04. The molecular formula is C11H14N4O. The van der Waals surface area contributed by atoms with E-state index in [0.717, 1.165) is 5.69 Å². The van der Waals surface area contributed by atoms with Crippen molar-refractivity contribution in [2.45, 2.75) is 12.5 Å². The maximum atomic E-state index is 9.99. The molecule has 2 rings (SSSR count). The van der Waals surface area contributed by atoms with Crippen LogP contribution < -0.4 is 5.73 Å². The van der Waals surface area contributed by atoms with Gasteiger partial charge in [0.2, 0.25) is 0 Å². The molecule has 1 unspecified atom stereocenters. The number of aromatic nitrogens is 3. The molecule has 0 aliphatic heterocycles. The number of nitrogen functional groups attached to an aromatic ring is 1. The second kappa shape index (κ2) is 4.32. The lowest BCUT2D eigenvalue weighted by Crippen LogP contribution is -2.06. The van der Waals surface area contributed by atoms with Gasteiger partial charge in [0.15, 0.2) is 0 Å². The second-order valence-electron chi connectivity index (χ2n) is 3.65. The molecule has 0 saturated heterocycles. The Kier molecular flexibility index (Phi) is 2.87. The zero-order valence-corrected chi connectivity index (χ0v) is 9.04. The number of aliphatic hydroxyl groups excluding tert-OH is 1. The van der Waals surface area contributed by atoms with Gasteiger partial charge in [-0.25, -0.2) is 0 Å². The molecule has 5 heteroatoms. The second-order valence-corrected chi connectivity index (χ2v) is 3.65. The van der Waals surface area contributed by atoms with Gasteiger partial charge < -0.3 is 10.8 Å². The summed E-state index contributed by atoms with van der Waals surface area (Å²) in [6.07, 6.45) is 3.07. The van der Waals surface area contributed by atoms with Crippen LogP contribution in [0.5, 0.6) is 0 Å². The van der Waals surface area contributed by atoms with Crippen molar-refractivity contribution in [3.05, 3.63) is 41.9 Å². The Bertz CT molecular complexity index is 466. The standard InChI is InChI=1S/C11H14N4O/c1-15-11(12)9(7-14-15)10(16)6-8-4-2-3-5-13-8/h2-5,7,10,16H,6,12H2,1H3. The van der Waals surface area contributed by atoms with Crippen LogP contribution in [0.2, 0.25) is 0 Å². The number of hydrogen-bond donors (Lipinski definition) is 2. The third-order valence-corrected chi connectivity index (χ3v) is 2.50. The van der Waals surface area contributed by atoms with Gasteiger partial charge in [0.1, 0.15) is 5.82 Å². The van der Waals surface area contributed by atoms with Crippen LogP contribution in [0, 0.1) is 0 Å². The van der Waals surface area contributed by atoms with Crippen molar-refractivity contribution in [3.63, 3.8) is 0 Å². The summed E-state index contributed by atoms with van der Waals surface area (Å²) < 4.78 is 1.54. The number of hydrogen-bond acceptors (Lipinski definition) is 4. The number of aliphatic hydroxyl groups is 1. The average molecular weight is 218 g/mol. The van der Waals surface area contributed by atoms with Crippen molar-refractivity contribution in [2.24, 2.45) is 7.05 Å². The summed E-state index contributed by atoms with van der Waals surface area (Å²) in [4.78, 5) is 4.15. The molecule has 84 valence electrons. The van der Waals surface area contributed by atoms with Crippen LogP contribution in [0.1, 0.15) is 17.4 Å². The number of pyridine rings is 1. The Morgan fingerprint density at radius 2 is 2.31 bits per heavy atom. The van der Waals surface area contributed by atoms with E-state index >= 15 is 0 Å². The molecule has 1 atom stereocenters. The lowest BCUT2D eigenvalue weighted by atomic mass is 10.1. The van der Waals surface area contributed by atoms with Crippen molar-refractivity contribution < 1.29 is 5.11 Å². The number of nitrogens with two attached hydrogens (primary N) is 1.